The largest absolute Gasteiger partial charge is 0.364 e. The van der Waals surface area contributed by atoms with E-state index in [1.54, 1.807) is 24.3 Å². The number of amides is 2. The van der Waals surface area contributed by atoms with Crippen LogP contribution in [0.5, 0.6) is 0 Å². The number of benzene rings is 1. The Morgan fingerprint density at radius 2 is 2.00 bits per heavy atom. The second-order valence-corrected chi connectivity index (χ2v) is 8.65. The predicted octanol–water partition coefficient (Wildman–Crippen LogP) is 2.21. The first-order valence-corrected chi connectivity index (χ1v) is 10.4. The van der Waals surface area contributed by atoms with E-state index < -0.39 is 27.9 Å². The van der Waals surface area contributed by atoms with Crippen LogP contribution < -0.4 is 11.1 Å². The first kappa shape index (κ1) is 21.9. The molecule has 0 unspecified atom stereocenters. The first-order chi connectivity index (χ1) is 13.1. The van der Waals surface area contributed by atoms with Gasteiger partial charge in [-0.05, 0) is 37.6 Å². The van der Waals surface area contributed by atoms with Gasteiger partial charge in [-0.3, -0.25) is 9.59 Å². The smallest absolute Gasteiger partial charge is 0.265 e. The Hall–Kier alpha value is -2.36. The lowest BCUT2D eigenvalue weighted by molar-refractivity contribution is -0.119. The number of nitrogens with one attached hydrogen (secondary N) is 1. The second kappa shape index (κ2) is 8.76. The van der Waals surface area contributed by atoms with E-state index in [1.807, 2.05) is 6.92 Å². The topological polar surface area (TPSA) is 114 Å². The maximum Gasteiger partial charge on any atom is 0.265 e. The zero-order chi connectivity index (χ0) is 21.1. The fourth-order valence-corrected chi connectivity index (χ4v) is 4.69. The van der Waals surface area contributed by atoms with Crippen LogP contribution in [0.1, 0.15) is 30.8 Å². The highest BCUT2D eigenvalue weighted by Crippen LogP contribution is 2.22. The number of halogens is 1. The lowest BCUT2D eigenvalue weighted by Gasteiger charge is -2.27. The molecule has 152 valence electrons. The quantitative estimate of drug-likeness (QED) is 0.673. The molecule has 28 heavy (non-hydrogen) atoms. The van der Waals surface area contributed by atoms with Gasteiger partial charge in [0.25, 0.3) is 5.91 Å². The van der Waals surface area contributed by atoms with Crippen LogP contribution in [0.15, 0.2) is 41.4 Å². The van der Waals surface area contributed by atoms with Gasteiger partial charge >= 0.3 is 0 Å². The standard InChI is InChI=1S/C18H23ClN4O4S/c1-4-8-23(12(2)18(25)21-14-7-5-6-13(19)9-14)28(26,27)15-10-16(17(20)24)22(3)11-15/h5-7,9-12H,4,8H2,1-3H3,(H2,20,24)(H,21,25)/t12-/m0/s1. The summed E-state index contributed by atoms with van der Waals surface area (Å²) in [4.78, 5) is 24.0. The summed E-state index contributed by atoms with van der Waals surface area (Å²) in [6.45, 7) is 3.45. The maximum atomic E-state index is 13.1. The molecule has 0 saturated carbocycles. The zero-order valence-electron chi connectivity index (χ0n) is 15.8. The van der Waals surface area contributed by atoms with Gasteiger partial charge in [0.15, 0.2) is 0 Å². The molecule has 0 fully saturated rings. The number of nitrogens with two attached hydrogens (primary N) is 1. The molecule has 0 saturated heterocycles. The number of primary amides is 1. The molecule has 0 bridgehead atoms. The van der Waals surface area contributed by atoms with Crippen LogP contribution in [0.3, 0.4) is 0 Å². The molecule has 1 aromatic heterocycles. The first-order valence-electron chi connectivity index (χ1n) is 8.62. The van der Waals surface area contributed by atoms with E-state index in [1.165, 1.54) is 30.8 Å². The van der Waals surface area contributed by atoms with E-state index in [0.717, 1.165) is 4.31 Å². The highest BCUT2D eigenvalue weighted by molar-refractivity contribution is 7.89. The van der Waals surface area contributed by atoms with Gasteiger partial charge in [0.1, 0.15) is 16.6 Å². The molecular formula is C18H23ClN4O4S. The van der Waals surface area contributed by atoms with Gasteiger partial charge in [-0.15, -0.1) is 0 Å². The lowest BCUT2D eigenvalue weighted by atomic mass is 10.2. The van der Waals surface area contributed by atoms with E-state index in [-0.39, 0.29) is 17.1 Å². The molecule has 1 atom stereocenters. The maximum absolute atomic E-state index is 13.1. The van der Waals surface area contributed by atoms with Crippen LogP contribution in [0.4, 0.5) is 5.69 Å². The van der Waals surface area contributed by atoms with Crippen molar-refractivity contribution < 1.29 is 18.0 Å². The monoisotopic (exact) mass is 426 g/mol. The van der Waals surface area contributed by atoms with Crippen LogP contribution in [0.2, 0.25) is 5.02 Å². The molecule has 1 aromatic carbocycles. The van der Waals surface area contributed by atoms with Gasteiger partial charge in [-0.1, -0.05) is 24.6 Å². The van der Waals surface area contributed by atoms with Crippen LogP contribution in [0, 0.1) is 0 Å². The van der Waals surface area contributed by atoms with Crippen molar-refractivity contribution in [1.29, 1.82) is 0 Å². The third kappa shape index (κ3) is 4.73. The molecular weight excluding hydrogens is 404 g/mol. The summed E-state index contributed by atoms with van der Waals surface area (Å²) in [6, 6.07) is 6.80. The van der Waals surface area contributed by atoms with E-state index in [4.69, 9.17) is 17.3 Å². The van der Waals surface area contributed by atoms with E-state index >= 15 is 0 Å². The molecule has 0 aliphatic rings. The molecule has 2 aromatic rings. The van der Waals surface area contributed by atoms with Crippen molar-refractivity contribution in [2.24, 2.45) is 12.8 Å². The Kier molecular flexibility index (Phi) is 6.87. The fraction of sp³-hybridized carbons (Fsp3) is 0.333. The van der Waals surface area contributed by atoms with E-state index in [0.29, 0.717) is 17.1 Å². The number of aryl methyl sites for hydroxylation is 1. The van der Waals surface area contributed by atoms with Gasteiger partial charge in [0.2, 0.25) is 15.9 Å². The Morgan fingerprint density at radius 3 is 2.54 bits per heavy atom. The molecule has 3 N–H and O–H groups in total. The molecule has 10 heteroatoms. The van der Waals surface area contributed by atoms with Crippen LogP contribution in [-0.2, 0) is 21.9 Å². The summed E-state index contributed by atoms with van der Waals surface area (Å²) in [5, 5.41) is 3.12. The summed E-state index contributed by atoms with van der Waals surface area (Å²) in [5.74, 6) is -1.23. The van der Waals surface area contributed by atoms with Crippen molar-refractivity contribution in [1.82, 2.24) is 8.87 Å². The Balaban J connectivity index is 2.33. The SMILES string of the molecule is CCCN([C@@H](C)C(=O)Nc1cccc(Cl)c1)S(=O)(=O)c1cc(C(N)=O)n(C)c1. The normalized spacial score (nSPS) is 12.8. The number of nitrogens with zero attached hydrogens (tertiary/aromatic N) is 2. The van der Waals surface area contributed by atoms with Gasteiger partial charge in [0, 0.05) is 30.5 Å². The number of carbonyl (C=O) groups excluding carboxylic acids is 2. The van der Waals surface area contributed by atoms with Crippen LogP contribution >= 0.6 is 11.6 Å². The molecule has 2 amide bonds. The molecule has 1 heterocycles. The average Bonchev–Trinajstić information content (AvgIpc) is 3.02. The summed E-state index contributed by atoms with van der Waals surface area (Å²) in [6.07, 6.45) is 1.81. The summed E-state index contributed by atoms with van der Waals surface area (Å²) in [5.41, 5.74) is 5.80. The minimum atomic E-state index is -4.03. The highest BCUT2D eigenvalue weighted by atomic mass is 35.5. The summed E-state index contributed by atoms with van der Waals surface area (Å²) >= 11 is 5.92. The van der Waals surface area contributed by atoms with Crippen LogP contribution in [-0.4, -0.2) is 41.7 Å². The van der Waals surface area contributed by atoms with Crippen molar-refractivity contribution in [2.75, 3.05) is 11.9 Å². The van der Waals surface area contributed by atoms with E-state index in [2.05, 4.69) is 5.32 Å². The van der Waals surface area contributed by atoms with Gasteiger partial charge in [0.05, 0.1) is 0 Å². The number of aromatic nitrogens is 1. The molecule has 0 radical (unpaired) electrons. The molecule has 2 rings (SSSR count). The zero-order valence-corrected chi connectivity index (χ0v) is 17.4. The summed E-state index contributed by atoms with van der Waals surface area (Å²) < 4.78 is 28.7. The average molecular weight is 427 g/mol. The van der Waals surface area contributed by atoms with Crippen molar-refractivity contribution >= 4 is 39.1 Å². The van der Waals surface area contributed by atoms with E-state index in [9.17, 15) is 18.0 Å². The van der Waals surface area contributed by atoms with Crippen molar-refractivity contribution in [3.8, 4) is 0 Å². The molecule has 0 aliphatic carbocycles. The Labute approximate surface area is 169 Å². The number of carbonyl (C=O) groups is 2. The molecule has 8 nitrogen and oxygen atoms in total. The van der Waals surface area contributed by atoms with Gasteiger partial charge in [-0.2, -0.15) is 4.31 Å². The predicted molar refractivity (Wildman–Crippen MR) is 108 cm³/mol. The van der Waals surface area contributed by atoms with Crippen molar-refractivity contribution in [2.45, 2.75) is 31.2 Å². The van der Waals surface area contributed by atoms with Crippen LogP contribution in [0.25, 0.3) is 0 Å². The van der Waals surface area contributed by atoms with Gasteiger partial charge < -0.3 is 15.6 Å². The fourth-order valence-electron chi connectivity index (χ4n) is 2.74. The number of anilines is 1. The number of hydrogen-bond acceptors (Lipinski definition) is 4. The highest BCUT2D eigenvalue weighted by Gasteiger charge is 2.33. The minimum Gasteiger partial charge on any atom is -0.364 e. The summed E-state index contributed by atoms with van der Waals surface area (Å²) in [7, 11) is -2.50. The molecule has 0 aliphatic heterocycles. The third-order valence-corrected chi connectivity index (χ3v) is 6.36. The van der Waals surface area contributed by atoms with Crippen molar-refractivity contribution in [3.63, 3.8) is 0 Å². The Morgan fingerprint density at radius 1 is 1.32 bits per heavy atom. The van der Waals surface area contributed by atoms with Crippen molar-refractivity contribution in [3.05, 3.63) is 47.2 Å². The minimum absolute atomic E-state index is 0.0612. The number of rotatable bonds is 8. The third-order valence-electron chi connectivity index (χ3n) is 4.19. The second-order valence-electron chi connectivity index (χ2n) is 6.33. The number of hydrogen-bond donors (Lipinski definition) is 2. The Bertz CT molecular complexity index is 987. The van der Waals surface area contributed by atoms with Gasteiger partial charge in [-0.25, -0.2) is 8.42 Å². The molecule has 0 spiro atoms. The lowest BCUT2D eigenvalue weighted by Crippen LogP contribution is -2.45. The number of sulfonamides is 1.